The predicted octanol–water partition coefficient (Wildman–Crippen LogP) is 2.39. The molecule has 1 rings (SSSR count). The van der Waals surface area contributed by atoms with Crippen LogP contribution in [0, 0.1) is 18.3 Å². The molecule has 0 amide bonds. The molecule has 0 bridgehead atoms. The number of aryl methyl sites for hydroxylation is 1. The highest BCUT2D eigenvalue weighted by Gasteiger charge is 2.08. The third-order valence-electron chi connectivity index (χ3n) is 1.55. The van der Waals surface area contributed by atoms with Crippen LogP contribution in [0.15, 0.2) is 11.4 Å². The maximum atomic E-state index is 8.40. The van der Waals surface area contributed by atoms with Crippen LogP contribution in [0.2, 0.25) is 0 Å². The van der Waals surface area contributed by atoms with Crippen molar-refractivity contribution in [2.75, 3.05) is 0 Å². The number of hydrogen-bond donors (Lipinski definition) is 1. The van der Waals surface area contributed by atoms with Crippen molar-refractivity contribution in [3.63, 3.8) is 0 Å². The molecule has 0 aliphatic carbocycles. The first-order valence-electron chi connectivity index (χ1n) is 3.42. The van der Waals surface area contributed by atoms with E-state index in [9.17, 15) is 0 Å². The Morgan fingerprint density at radius 3 is 2.83 bits per heavy atom. The van der Waals surface area contributed by atoms with Crippen LogP contribution in [0.5, 0.6) is 0 Å². The molecule has 1 atom stereocenters. The molecule has 0 fully saturated rings. The molecule has 0 spiro atoms. The van der Waals surface area contributed by atoms with Crippen LogP contribution in [0.4, 0.5) is 0 Å². The molecule has 0 unspecified atom stereocenters. The third kappa shape index (κ3) is 2.49. The zero-order valence-electron chi connectivity index (χ0n) is 6.78. The van der Waals surface area contributed by atoms with Gasteiger partial charge in [-0.05, 0) is 23.9 Å². The second-order valence-corrected chi connectivity index (χ2v) is 3.38. The van der Waals surface area contributed by atoms with Crippen LogP contribution in [0.1, 0.15) is 22.9 Å². The van der Waals surface area contributed by atoms with Crippen molar-refractivity contribution in [3.05, 3.63) is 21.9 Å². The Bertz CT molecular complexity index is 277. The first-order chi connectivity index (χ1) is 5.25. The van der Waals surface area contributed by atoms with Crippen molar-refractivity contribution in [2.45, 2.75) is 19.4 Å². The molecule has 0 saturated carbocycles. The van der Waals surface area contributed by atoms with Crippen LogP contribution in [-0.4, -0.2) is 0 Å². The van der Waals surface area contributed by atoms with Gasteiger partial charge in [0.2, 0.25) is 0 Å². The summed E-state index contributed by atoms with van der Waals surface area (Å²) < 4.78 is 0. The van der Waals surface area contributed by atoms with Gasteiger partial charge in [-0.3, -0.25) is 0 Å². The van der Waals surface area contributed by atoms with Gasteiger partial charge in [0.25, 0.3) is 0 Å². The van der Waals surface area contributed by atoms with Gasteiger partial charge in [-0.15, -0.1) is 23.7 Å². The Morgan fingerprint density at radius 2 is 2.42 bits per heavy atom. The van der Waals surface area contributed by atoms with Gasteiger partial charge >= 0.3 is 0 Å². The fourth-order valence-electron chi connectivity index (χ4n) is 0.955. The van der Waals surface area contributed by atoms with Crippen LogP contribution < -0.4 is 5.73 Å². The second-order valence-electron chi connectivity index (χ2n) is 2.44. The van der Waals surface area contributed by atoms with E-state index in [2.05, 4.69) is 6.07 Å². The quantitative estimate of drug-likeness (QED) is 0.801. The number of nitrogens with zero attached hydrogens (tertiary/aromatic N) is 1. The van der Waals surface area contributed by atoms with Gasteiger partial charge in [-0.1, -0.05) is 0 Å². The topological polar surface area (TPSA) is 49.8 Å². The van der Waals surface area contributed by atoms with E-state index in [0.29, 0.717) is 6.42 Å². The molecular formula is C8H11ClN2S. The Labute approximate surface area is 82.4 Å². The molecule has 4 heteroatoms. The summed E-state index contributed by atoms with van der Waals surface area (Å²) in [4.78, 5) is 1.13. The monoisotopic (exact) mass is 202 g/mol. The summed E-state index contributed by atoms with van der Waals surface area (Å²) in [7, 11) is 0. The number of nitriles is 1. The highest BCUT2D eigenvalue weighted by molar-refractivity contribution is 7.10. The maximum absolute atomic E-state index is 8.40. The first-order valence-corrected chi connectivity index (χ1v) is 4.30. The smallest absolute Gasteiger partial charge is 0.0642 e. The van der Waals surface area contributed by atoms with Crippen molar-refractivity contribution < 1.29 is 0 Å². The highest BCUT2D eigenvalue weighted by atomic mass is 35.5. The molecule has 1 heterocycles. The summed E-state index contributed by atoms with van der Waals surface area (Å²) in [6.07, 6.45) is 0.404. The van der Waals surface area contributed by atoms with Gasteiger partial charge in [0, 0.05) is 4.88 Å². The van der Waals surface area contributed by atoms with Crippen molar-refractivity contribution >= 4 is 23.7 Å². The van der Waals surface area contributed by atoms with Crippen LogP contribution in [-0.2, 0) is 0 Å². The fraction of sp³-hybridized carbons (Fsp3) is 0.375. The third-order valence-corrected chi connectivity index (χ3v) is 2.70. The molecule has 0 radical (unpaired) electrons. The molecule has 1 aromatic rings. The lowest BCUT2D eigenvalue weighted by Gasteiger charge is -2.04. The van der Waals surface area contributed by atoms with Gasteiger partial charge in [0.05, 0.1) is 18.5 Å². The maximum Gasteiger partial charge on any atom is 0.0642 e. The number of rotatable bonds is 2. The van der Waals surface area contributed by atoms with Crippen LogP contribution in [0.25, 0.3) is 0 Å². The van der Waals surface area contributed by atoms with Crippen LogP contribution in [0.3, 0.4) is 0 Å². The molecule has 12 heavy (non-hydrogen) atoms. The number of nitrogens with two attached hydrogens (primary N) is 1. The Hall–Kier alpha value is -0.560. The van der Waals surface area contributed by atoms with E-state index in [4.69, 9.17) is 11.0 Å². The van der Waals surface area contributed by atoms with E-state index in [1.54, 1.807) is 11.3 Å². The summed E-state index contributed by atoms with van der Waals surface area (Å²) in [5, 5.41) is 10.4. The molecule has 0 aromatic carbocycles. The molecular weight excluding hydrogens is 192 g/mol. The average Bonchev–Trinajstić information content (AvgIpc) is 2.36. The second kappa shape index (κ2) is 5.15. The number of thiophene rings is 1. The van der Waals surface area contributed by atoms with E-state index in [-0.39, 0.29) is 18.4 Å². The van der Waals surface area contributed by atoms with E-state index in [1.165, 1.54) is 5.56 Å². The minimum Gasteiger partial charge on any atom is -0.322 e. The Morgan fingerprint density at radius 1 is 1.75 bits per heavy atom. The highest BCUT2D eigenvalue weighted by Crippen LogP contribution is 2.23. The molecule has 0 aliphatic rings. The lowest BCUT2D eigenvalue weighted by atomic mass is 10.1. The predicted molar refractivity (Wildman–Crippen MR) is 53.5 cm³/mol. The average molecular weight is 203 g/mol. The number of halogens is 1. The number of hydrogen-bond acceptors (Lipinski definition) is 3. The van der Waals surface area contributed by atoms with E-state index >= 15 is 0 Å². The van der Waals surface area contributed by atoms with Gasteiger partial charge in [0.15, 0.2) is 0 Å². The van der Waals surface area contributed by atoms with E-state index in [1.807, 2.05) is 18.4 Å². The van der Waals surface area contributed by atoms with Gasteiger partial charge < -0.3 is 5.73 Å². The van der Waals surface area contributed by atoms with E-state index in [0.717, 1.165) is 4.88 Å². The van der Waals surface area contributed by atoms with Crippen molar-refractivity contribution in [1.82, 2.24) is 0 Å². The molecule has 0 aliphatic heterocycles. The Balaban J connectivity index is 0.00000121. The summed E-state index contributed by atoms with van der Waals surface area (Å²) in [6.45, 7) is 2.02. The summed E-state index contributed by atoms with van der Waals surface area (Å²) >= 11 is 1.62. The summed E-state index contributed by atoms with van der Waals surface area (Å²) in [5.74, 6) is 0. The van der Waals surface area contributed by atoms with Crippen molar-refractivity contribution in [1.29, 1.82) is 5.26 Å². The SMILES string of the molecule is Cc1ccsc1[C@@H](N)CC#N.Cl. The first kappa shape index (κ1) is 11.4. The summed E-state index contributed by atoms with van der Waals surface area (Å²) in [6, 6.07) is 3.99. The minimum absolute atomic E-state index is 0. The van der Waals surface area contributed by atoms with Gasteiger partial charge in [-0.2, -0.15) is 5.26 Å². The zero-order chi connectivity index (χ0) is 8.27. The lowest BCUT2D eigenvalue weighted by molar-refractivity contribution is 0.759. The normalized spacial score (nSPS) is 11.4. The molecule has 2 N–H and O–H groups in total. The van der Waals surface area contributed by atoms with Crippen molar-refractivity contribution in [2.24, 2.45) is 5.73 Å². The van der Waals surface area contributed by atoms with Gasteiger partial charge in [0.1, 0.15) is 0 Å². The molecule has 2 nitrogen and oxygen atoms in total. The zero-order valence-corrected chi connectivity index (χ0v) is 8.41. The molecule has 1 aromatic heterocycles. The van der Waals surface area contributed by atoms with Gasteiger partial charge in [-0.25, -0.2) is 0 Å². The standard InChI is InChI=1S/C8H10N2S.ClH/c1-6-3-5-11-8(6)7(10)2-4-9;/h3,5,7H,2,10H2,1H3;1H/t7-;/m0./s1. The molecule has 0 saturated heterocycles. The van der Waals surface area contributed by atoms with Crippen LogP contribution >= 0.6 is 23.7 Å². The lowest BCUT2D eigenvalue weighted by Crippen LogP contribution is -2.08. The fourth-order valence-corrected chi connectivity index (χ4v) is 1.89. The Kier molecular flexibility index (Phi) is 4.91. The molecule has 66 valence electrons. The van der Waals surface area contributed by atoms with Crippen molar-refractivity contribution in [3.8, 4) is 6.07 Å². The largest absolute Gasteiger partial charge is 0.322 e. The van der Waals surface area contributed by atoms with E-state index < -0.39 is 0 Å². The minimum atomic E-state index is -0.0972. The summed E-state index contributed by atoms with van der Waals surface area (Å²) in [5.41, 5.74) is 6.93.